The molecule has 3 heteroatoms. The molecule has 0 N–H and O–H groups in total. The fourth-order valence-corrected chi connectivity index (χ4v) is 2.27. The number of carbonyl (C=O) groups is 1. The van der Waals surface area contributed by atoms with Gasteiger partial charge < -0.3 is 4.90 Å². The van der Waals surface area contributed by atoms with Crippen LogP contribution < -0.4 is 4.90 Å². The minimum Gasteiger partial charge on any atom is -0.308 e. The van der Waals surface area contributed by atoms with Crippen molar-refractivity contribution < 1.29 is 4.79 Å². The van der Waals surface area contributed by atoms with Gasteiger partial charge in [0, 0.05) is 12.1 Å². The van der Waals surface area contributed by atoms with Crippen LogP contribution in [-0.2, 0) is 4.79 Å². The number of aryl methyl sites for hydroxylation is 2. The summed E-state index contributed by atoms with van der Waals surface area (Å²) in [4.78, 5) is 13.7. The normalized spacial score (nSPS) is 23.9. The second-order valence-electron chi connectivity index (χ2n) is 4.71. The maximum atomic E-state index is 11.9. The standard InChI is InChI=1S/C14H16N2O/c1-9-4-5-13(6-10(9)2)16-11(3)12(8-15)7-14(16)17/h4-6,11-12H,7H2,1-3H3. The minimum atomic E-state index is -0.191. The van der Waals surface area contributed by atoms with E-state index in [0.29, 0.717) is 6.42 Å². The van der Waals surface area contributed by atoms with E-state index in [4.69, 9.17) is 5.26 Å². The van der Waals surface area contributed by atoms with Crippen molar-refractivity contribution in [2.24, 2.45) is 5.92 Å². The van der Waals surface area contributed by atoms with Crippen LogP contribution in [0.25, 0.3) is 0 Å². The number of carbonyl (C=O) groups excluding carboxylic acids is 1. The molecule has 0 aliphatic carbocycles. The zero-order chi connectivity index (χ0) is 12.6. The summed E-state index contributed by atoms with van der Waals surface area (Å²) in [5.41, 5.74) is 3.29. The van der Waals surface area contributed by atoms with Gasteiger partial charge in [-0.3, -0.25) is 4.79 Å². The van der Waals surface area contributed by atoms with Gasteiger partial charge in [-0.05, 0) is 44.0 Å². The van der Waals surface area contributed by atoms with Crippen LogP contribution in [0.2, 0.25) is 0 Å². The maximum absolute atomic E-state index is 11.9. The molecule has 0 radical (unpaired) electrons. The highest BCUT2D eigenvalue weighted by Crippen LogP contribution is 2.31. The molecule has 1 aliphatic heterocycles. The van der Waals surface area contributed by atoms with E-state index >= 15 is 0 Å². The summed E-state index contributed by atoms with van der Waals surface area (Å²) >= 11 is 0. The van der Waals surface area contributed by atoms with E-state index in [0.717, 1.165) is 5.69 Å². The largest absolute Gasteiger partial charge is 0.308 e. The van der Waals surface area contributed by atoms with Gasteiger partial charge in [-0.25, -0.2) is 0 Å². The van der Waals surface area contributed by atoms with Crippen LogP contribution in [0, 0.1) is 31.1 Å². The third kappa shape index (κ3) is 1.91. The van der Waals surface area contributed by atoms with Crippen molar-refractivity contribution in [3.63, 3.8) is 0 Å². The lowest BCUT2D eigenvalue weighted by molar-refractivity contribution is -0.117. The van der Waals surface area contributed by atoms with Crippen LogP contribution in [0.4, 0.5) is 5.69 Å². The monoisotopic (exact) mass is 228 g/mol. The zero-order valence-corrected chi connectivity index (χ0v) is 10.4. The van der Waals surface area contributed by atoms with E-state index < -0.39 is 0 Å². The Labute approximate surface area is 102 Å². The first-order chi connectivity index (χ1) is 8.04. The number of anilines is 1. The Kier molecular flexibility index (Phi) is 2.89. The number of rotatable bonds is 1. The summed E-state index contributed by atoms with van der Waals surface area (Å²) in [5, 5.41) is 8.99. The van der Waals surface area contributed by atoms with Gasteiger partial charge in [-0.1, -0.05) is 6.07 Å². The second-order valence-corrected chi connectivity index (χ2v) is 4.71. The van der Waals surface area contributed by atoms with Crippen molar-refractivity contribution in [3.05, 3.63) is 29.3 Å². The van der Waals surface area contributed by atoms with Crippen LogP contribution in [0.3, 0.4) is 0 Å². The molecule has 3 nitrogen and oxygen atoms in total. The first-order valence-electron chi connectivity index (χ1n) is 5.83. The Morgan fingerprint density at radius 3 is 2.59 bits per heavy atom. The quantitative estimate of drug-likeness (QED) is 0.741. The average molecular weight is 228 g/mol. The predicted octanol–water partition coefficient (Wildman–Crippen LogP) is 2.57. The molecule has 1 aliphatic rings. The SMILES string of the molecule is Cc1ccc(N2C(=O)CC(C#N)C2C)cc1C. The number of amides is 1. The molecule has 17 heavy (non-hydrogen) atoms. The topological polar surface area (TPSA) is 44.1 Å². The average Bonchev–Trinajstić information content (AvgIpc) is 2.58. The number of nitrogens with zero attached hydrogens (tertiary/aromatic N) is 2. The van der Waals surface area contributed by atoms with Gasteiger partial charge >= 0.3 is 0 Å². The number of benzene rings is 1. The van der Waals surface area contributed by atoms with Crippen molar-refractivity contribution in [2.45, 2.75) is 33.2 Å². The lowest BCUT2D eigenvalue weighted by atomic mass is 10.0. The molecule has 2 rings (SSSR count). The van der Waals surface area contributed by atoms with E-state index in [1.54, 1.807) is 4.90 Å². The van der Waals surface area contributed by atoms with Crippen molar-refractivity contribution in [2.75, 3.05) is 4.90 Å². The number of hydrogen-bond donors (Lipinski definition) is 0. The Morgan fingerprint density at radius 1 is 1.35 bits per heavy atom. The van der Waals surface area contributed by atoms with Gasteiger partial charge in [0.15, 0.2) is 0 Å². The van der Waals surface area contributed by atoms with Crippen molar-refractivity contribution in [1.82, 2.24) is 0 Å². The summed E-state index contributed by atoms with van der Waals surface area (Å²) in [6, 6.07) is 8.16. The molecule has 0 bridgehead atoms. The van der Waals surface area contributed by atoms with E-state index in [-0.39, 0.29) is 17.9 Å². The fraction of sp³-hybridized carbons (Fsp3) is 0.429. The minimum absolute atomic E-state index is 0.0328. The highest BCUT2D eigenvalue weighted by Gasteiger charge is 2.37. The van der Waals surface area contributed by atoms with Crippen molar-refractivity contribution >= 4 is 11.6 Å². The van der Waals surface area contributed by atoms with Crippen LogP contribution in [-0.4, -0.2) is 11.9 Å². The van der Waals surface area contributed by atoms with Gasteiger partial charge in [0.2, 0.25) is 5.91 Å². The van der Waals surface area contributed by atoms with Gasteiger partial charge in [0.25, 0.3) is 0 Å². The maximum Gasteiger partial charge on any atom is 0.228 e. The Morgan fingerprint density at radius 2 is 2.06 bits per heavy atom. The molecule has 1 aromatic carbocycles. The van der Waals surface area contributed by atoms with E-state index in [1.807, 2.05) is 39.0 Å². The van der Waals surface area contributed by atoms with Crippen molar-refractivity contribution in [1.29, 1.82) is 5.26 Å². The molecule has 1 saturated heterocycles. The molecule has 1 fully saturated rings. The third-order valence-corrected chi connectivity index (χ3v) is 3.59. The highest BCUT2D eigenvalue weighted by atomic mass is 16.2. The molecule has 1 amide bonds. The predicted molar refractivity (Wildman–Crippen MR) is 66.6 cm³/mol. The van der Waals surface area contributed by atoms with Gasteiger partial charge in [-0.15, -0.1) is 0 Å². The first-order valence-corrected chi connectivity index (χ1v) is 5.83. The van der Waals surface area contributed by atoms with Gasteiger partial charge in [-0.2, -0.15) is 5.26 Å². The molecule has 0 aromatic heterocycles. The van der Waals surface area contributed by atoms with Gasteiger partial charge in [0.05, 0.1) is 18.0 Å². The lowest BCUT2D eigenvalue weighted by Crippen LogP contribution is -2.32. The summed E-state index contributed by atoms with van der Waals surface area (Å²) in [6.45, 7) is 6.02. The van der Waals surface area contributed by atoms with E-state index in [2.05, 4.69) is 6.07 Å². The fourth-order valence-electron chi connectivity index (χ4n) is 2.27. The van der Waals surface area contributed by atoms with Crippen LogP contribution in [0.1, 0.15) is 24.5 Å². The Balaban J connectivity index is 2.37. The Bertz CT molecular complexity index is 501. The molecule has 1 heterocycles. The summed E-state index contributed by atoms with van der Waals surface area (Å²) in [7, 11) is 0. The molecule has 2 atom stereocenters. The van der Waals surface area contributed by atoms with Gasteiger partial charge in [0.1, 0.15) is 0 Å². The van der Waals surface area contributed by atoms with Crippen LogP contribution in [0.15, 0.2) is 18.2 Å². The van der Waals surface area contributed by atoms with Crippen molar-refractivity contribution in [3.8, 4) is 6.07 Å². The molecule has 88 valence electrons. The molecule has 1 aromatic rings. The molecular formula is C14H16N2O. The molecular weight excluding hydrogens is 212 g/mol. The lowest BCUT2D eigenvalue weighted by Gasteiger charge is -2.23. The first kappa shape index (κ1) is 11.7. The zero-order valence-electron chi connectivity index (χ0n) is 10.4. The molecule has 2 unspecified atom stereocenters. The molecule has 0 spiro atoms. The van der Waals surface area contributed by atoms with Crippen LogP contribution in [0.5, 0.6) is 0 Å². The second kappa shape index (κ2) is 4.21. The third-order valence-electron chi connectivity index (χ3n) is 3.59. The number of nitriles is 1. The summed E-state index contributed by atoms with van der Waals surface area (Å²) < 4.78 is 0. The highest BCUT2D eigenvalue weighted by molar-refractivity contribution is 5.97. The summed E-state index contributed by atoms with van der Waals surface area (Å²) in [5.74, 6) is -0.142. The summed E-state index contributed by atoms with van der Waals surface area (Å²) in [6.07, 6.45) is 0.338. The number of hydrogen-bond acceptors (Lipinski definition) is 2. The smallest absolute Gasteiger partial charge is 0.228 e. The molecule has 0 saturated carbocycles. The van der Waals surface area contributed by atoms with E-state index in [9.17, 15) is 4.79 Å². The van der Waals surface area contributed by atoms with Crippen LogP contribution >= 0.6 is 0 Å². The Hall–Kier alpha value is -1.82. The van der Waals surface area contributed by atoms with E-state index in [1.165, 1.54) is 11.1 Å².